The topological polar surface area (TPSA) is 87.2 Å². The largest absolute Gasteiger partial charge is 0.392 e. The Morgan fingerprint density at radius 2 is 1.37 bits per heavy atom. The molecule has 0 saturated heterocycles. The fourth-order valence-corrected chi connectivity index (χ4v) is 3.56. The van der Waals surface area contributed by atoms with E-state index in [2.05, 4.69) is 0 Å². The molecule has 144 valence electrons. The van der Waals surface area contributed by atoms with E-state index in [1.807, 2.05) is 70.1 Å². The van der Waals surface area contributed by atoms with Gasteiger partial charge in [-0.2, -0.15) is 0 Å². The highest BCUT2D eigenvalue weighted by molar-refractivity contribution is 5.51. The molecule has 2 aromatic carbocycles. The molecule has 0 aliphatic carbocycles. The molecule has 4 N–H and O–H groups in total. The molecule has 4 atom stereocenters. The Balaban J connectivity index is 1.77. The first-order chi connectivity index (χ1) is 13.2. The summed E-state index contributed by atoms with van der Waals surface area (Å²) in [4.78, 5) is 1.87. The van der Waals surface area contributed by atoms with E-state index in [1.165, 1.54) is 0 Å². The zero-order valence-electron chi connectivity index (χ0n) is 15.2. The van der Waals surface area contributed by atoms with E-state index in [9.17, 15) is 20.4 Å². The summed E-state index contributed by atoms with van der Waals surface area (Å²) in [5.74, 6) is 0. The number of aliphatic hydroxyl groups is 4. The van der Waals surface area contributed by atoms with E-state index in [1.54, 1.807) is 6.34 Å². The third-order valence-corrected chi connectivity index (χ3v) is 5.15. The Morgan fingerprint density at radius 3 is 1.89 bits per heavy atom. The molecule has 6 heteroatoms. The molecule has 6 nitrogen and oxygen atoms in total. The summed E-state index contributed by atoms with van der Waals surface area (Å²) in [5.41, 5.74) is 1.48. The van der Waals surface area contributed by atoms with Crippen LogP contribution in [0.15, 0.2) is 60.7 Å². The Morgan fingerprint density at radius 1 is 0.815 bits per heavy atom. The molecule has 2 aromatic rings. The van der Waals surface area contributed by atoms with Gasteiger partial charge in [-0.25, -0.2) is 0 Å². The third-order valence-electron chi connectivity index (χ3n) is 5.15. The Hall–Kier alpha value is -2.25. The van der Waals surface area contributed by atoms with Crippen molar-refractivity contribution in [3.05, 3.63) is 71.8 Å². The Labute approximate surface area is 159 Å². The number of rotatable bonds is 8. The van der Waals surface area contributed by atoms with Crippen molar-refractivity contribution in [2.24, 2.45) is 0 Å². The quantitative estimate of drug-likeness (QED) is 0.509. The number of aliphatic hydroxyl groups excluding tert-OH is 4. The number of hydrogen-bond donors (Lipinski definition) is 4. The van der Waals surface area contributed by atoms with E-state index in [-0.39, 0.29) is 13.2 Å². The van der Waals surface area contributed by atoms with Crippen LogP contribution in [0.2, 0.25) is 0 Å². The first-order valence-corrected chi connectivity index (χ1v) is 9.20. The highest BCUT2D eigenvalue weighted by Gasteiger charge is 2.37. The van der Waals surface area contributed by atoms with Gasteiger partial charge in [-0.1, -0.05) is 60.7 Å². The van der Waals surface area contributed by atoms with Crippen molar-refractivity contribution in [1.82, 2.24) is 4.90 Å². The molecular weight excluding hydrogens is 344 g/mol. The van der Waals surface area contributed by atoms with Crippen LogP contribution in [0.3, 0.4) is 0 Å². The van der Waals surface area contributed by atoms with Crippen LogP contribution < -0.4 is 0 Å². The zero-order valence-corrected chi connectivity index (χ0v) is 15.2. The fraction of sp³-hybridized carbons (Fsp3) is 0.381. The smallest absolute Gasteiger partial charge is 0.235 e. The van der Waals surface area contributed by atoms with E-state index in [0.717, 1.165) is 11.1 Å². The fourth-order valence-electron chi connectivity index (χ4n) is 3.56. The maximum absolute atomic E-state index is 10.7. The second-order valence-electron chi connectivity index (χ2n) is 6.80. The van der Waals surface area contributed by atoms with Crippen molar-refractivity contribution in [1.29, 1.82) is 0 Å². The Bertz CT molecular complexity index is 738. The number of hydrogen-bond acceptors (Lipinski definition) is 5. The van der Waals surface area contributed by atoms with Crippen LogP contribution in [0, 0.1) is 0 Å². The van der Waals surface area contributed by atoms with Gasteiger partial charge in [0.1, 0.15) is 37.4 Å². The molecule has 0 amide bonds. The first-order valence-electron chi connectivity index (χ1n) is 9.20. The standard InChI is InChI=1S/C21H27N2O4/c24-13-18(20(26)16-7-3-1-4-8-16)22-11-12-23(15-22)19(14-25)21(27)17-9-5-2-6-10-17/h1-10,15,18-21,24-27H,11-14H2/q+1/t18-,19-,20-,21-/m1/s1. The minimum absolute atomic E-state index is 0.203. The van der Waals surface area contributed by atoms with Gasteiger partial charge in [-0.05, 0) is 11.1 Å². The lowest BCUT2D eigenvalue weighted by atomic mass is 10.0. The summed E-state index contributed by atoms with van der Waals surface area (Å²) in [6.45, 7) is 0.775. The molecule has 27 heavy (non-hydrogen) atoms. The van der Waals surface area contributed by atoms with Gasteiger partial charge in [0.05, 0.1) is 13.2 Å². The van der Waals surface area contributed by atoms with Crippen molar-refractivity contribution < 1.29 is 25.0 Å². The SMILES string of the molecule is OC[C@H]([C@H](O)c1ccccc1)N1C=[N+]([C@H](CO)[C@H](O)c2ccccc2)CC1. The molecule has 1 aliphatic rings. The van der Waals surface area contributed by atoms with Crippen LogP contribution in [0.5, 0.6) is 0 Å². The van der Waals surface area contributed by atoms with Crippen molar-refractivity contribution in [2.75, 3.05) is 26.3 Å². The molecule has 0 bridgehead atoms. The molecule has 3 rings (SSSR count). The molecular formula is C21H27N2O4+. The molecule has 0 spiro atoms. The van der Waals surface area contributed by atoms with Crippen LogP contribution >= 0.6 is 0 Å². The average Bonchev–Trinajstić information content (AvgIpc) is 3.19. The lowest BCUT2D eigenvalue weighted by Crippen LogP contribution is -2.41. The normalized spacial score (nSPS) is 18.7. The van der Waals surface area contributed by atoms with Crippen LogP contribution in [0.25, 0.3) is 0 Å². The summed E-state index contributed by atoms with van der Waals surface area (Å²) < 4.78 is 1.87. The van der Waals surface area contributed by atoms with Gasteiger partial charge in [0.2, 0.25) is 6.34 Å². The third kappa shape index (κ3) is 4.36. The van der Waals surface area contributed by atoms with Gasteiger partial charge >= 0.3 is 0 Å². The van der Waals surface area contributed by atoms with Crippen molar-refractivity contribution >= 4 is 6.34 Å². The molecule has 1 aliphatic heterocycles. The number of nitrogens with zero attached hydrogens (tertiary/aromatic N) is 2. The average molecular weight is 371 g/mol. The van der Waals surface area contributed by atoms with Crippen LogP contribution in [0.1, 0.15) is 23.3 Å². The second-order valence-corrected chi connectivity index (χ2v) is 6.80. The number of benzene rings is 2. The molecule has 1 heterocycles. The van der Waals surface area contributed by atoms with Crippen molar-refractivity contribution in [3.63, 3.8) is 0 Å². The summed E-state index contributed by atoms with van der Waals surface area (Å²) in [5, 5.41) is 41.0. The first kappa shape index (κ1) is 19.5. The highest BCUT2D eigenvalue weighted by Crippen LogP contribution is 2.23. The van der Waals surface area contributed by atoms with Gasteiger partial charge in [-0.15, -0.1) is 0 Å². The van der Waals surface area contributed by atoms with E-state index >= 15 is 0 Å². The monoisotopic (exact) mass is 371 g/mol. The van der Waals surface area contributed by atoms with Crippen LogP contribution in [0.4, 0.5) is 0 Å². The van der Waals surface area contributed by atoms with E-state index in [4.69, 9.17) is 0 Å². The predicted octanol–water partition coefficient (Wildman–Crippen LogP) is 0.532. The lowest BCUT2D eigenvalue weighted by Gasteiger charge is -2.24. The summed E-state index contributed by atoms with van der Waals surface area (Å²) >= 11 is 0. The van der Waals surface area contributed by atoms with Gasteiger partial charge < -0.3 is 20.4 Å². The molecule has 0 radical (unpaired) electrons. The van der Waals surface area contributed by atoms with Gasteiger partial charge in [0.25, 0.3) is 0 Å². The molecule has 0 saturated carbocycles. The van der Waals surface area contributed by atoms with Gasteiger partial charge in [0, 0.05) is 0 Å². The van der Waals surface area contributed by atoms with E-state index in [0.29, 0.717) is 13.1 Å². The molecule has 0 unspecified atom stereocenters. The van der Waals surface area contributed by atoms with Crippen molar-refractivity contribution in [2.45, 2.75) is 24.3 Å². The maximum atomic E-state index is 10.7. The summed E-state index contributed by atoms with van der Waals surface area (Å²) in [6.07, 6.45) is 0.123. The summed E-state index contributed by atoms with van der Waals surface area (Å²) in [6, 6.07) is 17.5. The Kier molecular flexibility index (Phi) is 6.58. The molecule has 0 aromatic heterocycles. The zero-order chi connectivity index (χ0) is 19.2. The lowest BCUT2D eigenvalue weighted by molar-refractivity contribution is -0.568. The minimum atomic E-state index is -0.834. The van der Waals surface area contributed by atoms with Crippen LogP contribution in [-0.4, -0.2) is 74.6 Å². The van der Waals surface area contributed by atoms with E-state index < -0.39 is 24.3 Å². The van der Waals surface area contributed by atoms with Crippen molar-refractivity contribution in [3.8, 4) is 0 Å². The maximum Gasteiger partial charge on any atom is 0.235 e. The predicted molar refractivity (Wildman–Crippen MR) is 102 cm³/mol. The minimum Gasteiger partial charge on any atom is -0.392 e. The highest BCUT2D eigenvalue weighted by atomic mass is 16.3. The van der Waals surface area contributed by atoms with Gasteiger partial charge in [0.15, 0.2) is 0 Å². The second kappa shape index (κ2) is 9.10. The van der Waals surface area contributed by atoms with Gasteiger partial charge in [-0.3, -0.25) is 9.48 Å². The molecule has 0 fully saturated rings. The van der Waals surface area contributed by atoms with Crippen LogP contribution in [-0.2, 0) is 0 Å². The summed E-state index contributed by atoms with van der Waals surface area (Å²) in [7, 11) is 0.